The molecule has 0 aromatic carbocycles. The van der Waals surface area contributed by atoms with Crippen LogP contribution in [0.1, 0.15) is 437 Å². The summed E-state index contributed by atoms with van der Waals surface area (Å²) in [5.74, 6) is 2.74. The van der Waals surface area contributed by atoms with Gasteiger partial charge in [-0.1, -0.05) is 279 Å². The first-order valence-corrected chi connectivity index (χ1v) is 39.6. The molecule has 0 aromatic heterocycles. The fourth-order valence-electron chi connectivity index (χ4n) is 13.9. The van der Waals surface area contributed by atoms with Gasteiger partial charge in [-0.3, -0.25) is 0 Å². The molecule has 0 fully saturated rings. The third kappa shape index (κ3) is 49.8. The maximum absolute atomic E-state index is 14.3. The number of hydrogen-bond acceptors (Lipinski definition) is 0. The predicted molar refractivity (Wildman–Crippen MR) is 413 cm³/mol. The minimum Gasteiger partial charge on any atom is -0.244 e. The minimum absolute atomic E-state index is 0.136. The Hall–Kier alpha value is -0.630. The topological polar surface area (TPSA) is 0 Å². The van der Waals surface area contributed by atoms with E-state index >= 15 is 0 Å². The Bertz CT molecular complexity index is 1580. The molecule has 8 atom stereocenters. The zero-order chi connectivity index (χ0) is 77.4. The van der Waals surface area contributed by atoms with Crippen LogP contribution in [-0.2, 0) is 0 Å². The third-order valence-corrected chi connectivity index (χ3v) is 22.8. The fourth-order valence-corrected chi connectivity index (χ4v) is 13.9. The van der Waals surface area contributed by atoms with Gasteiger partial charge in [0.2, 0.25) is 0 Å². The summed E-state index contributed by atoms with van der Waals surface area (Å²) in [5.41, 5.74) is -8.90. The lowest BCUT2D eigenvalue weighted by Crippen LogP contribution is -2.39. The number of halogens is 9. The average Bonchev–Trinajstić information content (AvgIpc) is 0.841. The van der Waals surface area contributed by atoms with E-state index in [1.807, 2.05) is 90.0 Å². The molecule has 0 bridgehead atoms. The molecule has 0 unspecified atom stereocenters. The van der Waals surface area contributed by atoms with E-state index < -0.39 is 51.0 Å². The fraction of sp³-hybridized carbons (Fsp3) is 1.00. The maximum atomic E-state index is 14.3. The third-order valence-electron chi connectivity index (χ3n) is 22.8. The minimum atomic E-state index is -1.00. The quantitative estimate of drug-likeness (QED) is 0.0549. The Balaban J connectivity index is -0.000000124. The van der Waals surface area contributed by atoms with Crippen LogP contribution in [0.5, 0.6) is 0 Å². The molecule has 94 heavy (non-hydrogen) atoms. The second-order valence-electron chi connectivity index (χ2n) is 32.6. The largest absolute Gasteiger partial charge is 0.244 e. The first-order chi connectivity index (χ1) is 42.4. The molecule has 582 valence electrons. The van der Waals surface area contributed by atoms with Crippen LogP contribution in [0, 0.1) is 64.1 Å². The van der Waals surface area contributed by atoms with Gasteiger partial charge in [-0.15, -0.1) is 0 Å². The SMILES string of the molecule is CCC(C)(CC)[C@@](C)(F)CC.CCC(CC)[C@@](C)(F)CC.CCCC(C)(F)CCC.CCC[C@@](C)(F)CC.CCC[C@](C)(F)C(C(C)C)C(C)C.CCC[C@](C)(F)C(C)(CC)CC.CCC[C@](C)(F)C(CC)CC.CC[C@](C)(F)C(C(C)C)C(C)C.CC[C@](C)(F)C(C)C. The van der Waals surface area contributed by atoms with Crippen molar-refractivity contribution in [2.45, 2.75) is 488 Å². The van der Waals surface area contributed by atoms with Crippen molar-refractivity contribution in [1.29, 1.82) is 0 Å². The molecule has 9 heteroatoms. The van der Waals surface area contributed by atoms with E-state index in [0.29, 0.717) is 94.3 Å². The molecule has 0 amide bonds. The van der Waals surface area contributed by atoms with E-state index in [2.05, 4.69) is 125 Å². The monoisotopic (exact) mass is 1370 g/mol. The highest BCUT2D eigenvalue weighted by Gasteiger charge is 2.43. The molecule has 0 saturated carbocycles. The highest BCUT2D eigenvalue weighted by Crippen LogP contribution is 2.45. The number of rotatable bonds is 36. The van der Waals surface area contributed by atoms with E-state index in [0.717, 1.165) is 89.9 Å². The van der Waals surface area contributed by atoms with Gasteiger partial charge in [0.15, 0.2) is 0 Å². The second kappa shape index (κ2) is 56.0. The Morgan fingerprint density at radius 2 is 0.468 bits per heavy atom. The van der Waals surface area contributed by atoms with Crippen LogP contribution in [0.4, 0.5) is 39.5 Å². The van der Waals surface area contributed by atoms with Gasteiger partial charge in [0.1, 0.15) is 51.0 Å². The Labute approximate surface area is 589 Å². The zero-order valence-electron chi connectivity index (χ0n) is 71.8. The average molecular weight is 1370 g/mol. The van der Waals surface area contributed by atoms with Gasteiger partial charge in [0, 0.05) is 10.8 Å². The van der Waals surface area contributed by atoms with Crippen LogP contribution in [0.2, 0.25) is 0 Å². The summed E-state index contributed by atoms with van der Waals surface area (Å²) in [6, 6.07) is 0. The van der Waals surface area contributed by atoms with E-state index in [-0.39, 0.29) is 40.4 Å². The molecule has 0 N–H and O–H groups in total. The van der Waals surface area contributed by atoms with Crippen molar-refractivity contribution in [3.63, 3.8) is 0 Å². The van der Waals surface area contributed by atoms with Crippen molar-refractivity contribution >= 4 is 0 Å². The van der Waals surface area contributed by atoms with Crippen molar-refractivity contribution in [2.75, 3.05) is 0 Å². The second-order valence-corrected chi connectivity index (χ2v) is 32.6. The van der Waals surface area contributed by atoms with Crippen molar-refractivity contribution in [1.82, 2.24) is 0 Å². The van der Waals surface area contributed by atoms with E-state index in [1.54, 1.807) is 62.3 Å². The van der Waals surface area contributed by atoms with Gasteiger partial charge in [-0.25, -0.2) is 39.5 Å². The maximum Gasteiger partial charge on any atom is 0.113 e. The van der Waals surface area contributed by atoms with Crippen LogP contribution >= 0.6 is 0 Å². The smallest absolute Gasteiger partial charge is 0.113 e. The van der Waals surface area contributed by atoms with Gasteiger partial charge < -0.3 is 0 Å². The molecular formula is C85H179F9. The number of alkyl halides is 9. The lowest BCUT2D eigenvalue weighted by Gasteiger charge is -2.39. The Morgan fingerprint density at radius 3 is 0.628 bits per heavy atom. The molecular weight excluding hydrogens is 1190 g/mol. The van der Waals surface area contributed by atoms with Gasteiger partial charge in [-0.05, 0) is 212 Å². The van der Waals surface area contributed by atoms with Crippen LogP contribution in [0.15, 0.2) is 0 Å². The predicted octanol–water partition coefficient (Wildman–Crippen LogP) is 33.3. The molecule has 0 aliphatic heterocycles. The molecule has 0 nitrogen and oxygen atoms in total. The van der Waals surface area contributed by atoms with Gasteiger partial charge in [0.25, 0.3) is 0 Å². The van der Waals surface area contributed by atoms with Crippen molar-refractivity contribution < 1.29 is 39.5 Å². The van der Waals surface area contributed by atoms with E-state index in [4.69, 9.17) is 0 Å². The molecule has 0 rings (SSSR count). The lowest BCUT2D eigenvalue weighted by atomic mass is 9.70. The van der Waals surface area contributed by atoms with Crippen LogP contribution in [0.25, 0.3) is 0 Å². The van der Waals surface area contributed by atoms with Crippen molar-refractivity contribution in [3.8, 4) is 0 Å². The summed E-state index contributed by atoms with van der Waals surface area (Å²) in [6.07, 6.45) is 20.5. The normalized spacial score (nSPS) is 17.0. The summed E-state index contributed by atoms with van der Waals surface area (Å²) in [5, 5.41) is 0. The summed E-state index contributed by atoms with van der Waals surface area (Å²) in [4.78, 5) is 0. The van der Waals surface area contributed by atoms with Crippen LogP contribution < -0.4 is 0 Å². The summed E-state index contributed by atoms with van der Waals surface area (Å²) in [6.45, 7) is 78.5. The first kappa shape index (κ1) is 112. The van der Waals surface area contributed by atoms with E-state index in [9.17, 15) is 39.5 Å². The van der Waals surface area contributed by atoms with Gasteiger partial charge in [-0.2, -0.15) is 0 Å². The first-order valence-electron chi connectivity index (χ1n) is 39.6. The standard InChI is InChI=1S/C12H25F.2C11H23F.2C10H21F.C9H19F.C8H17F.2C7H15F/c1-7-8-12(6,13)11(9(2)3)10(4)5;1-7-11(6,12)10(8(2)3)9(4)5;1-6-9-11(5,12)10(4,7-2)8-3;1-6-9(4,7-2)10(5,11)8-3;1-5-8-10(4,11)9(6-2)7-3;1-5-8(6-2)9(4,10)7-3;1-4-6-8(3,9)7-5-2;1-5-7(4,8)6(2)3;1-4-6-7(3,8)5-2/h9-11H,7-8H2,1-6H3;8-10H,7H2,1-6H3;6-9H2,1-5H3;6-8H2,1-5H3;9H,5-8H2,1-4H3;8H,5-7H2,1-4H3;4-7H2,1-3H3;6H,5H2,1-4H3;4-6H2,1-3H3/t12-;2*11-;2*10-;9-;;2*7-/m000000.00/s1. The van der Waals surface area contributed by atoms with Gasteiger partial charge >= 0.3 is 0 Å². The molecule has 0 aliphatic rings. The highest BCUT2D eigenvalue weighted by atomic mass is 19.2. The van der Waals surface area contributed by atoms with Crippen LogP contribution in [0.3, 0.4) is 0 Å². The summed E-state index contributed by atoms with van der Waals surface area (Å²) >= 11 is 0. The number of hydrogen-bond donors (Lipinski definition) is 0. The zero-order valence-corrected chi connectivity index (χ0v) is 71.8. The molecule has 0 aromatic rings. The molecule has 0 radical (unpaired) electrons. The molecule has 0 heterocycles. The van der Waals surface area contributed by atoms with Gasteiger partial charge in [0.05, 0.1) is 0 Å². The lowest BCUT2D eigenvalue weighted by molar-refractivity contribution is 0.00460. The molecule has 0 saturated heterocycles. The molecule has 0 aliphatic carbocycles. The highest BCUT2D eigenvalue weighted by molar-refractivity contribution is 4.92. The van der Waals surface area contributed by atoms with Crippen molar-refractivity contribution in [3.05, 3.63) is 0 Å². The summed E-state index contributed by atoms with van der Waals surface area (Å²) < 4.78 is 122. The Morgan fingerprint density at radius 1 is 0.223 bits per heavy atom. The molecule has 0 spiro atoms. The van der Waals surface area contributed by atoms with Crippen LogP contribution in [-0.4, -0.2) is 51.0 Å². The van der Waals surface area contributed by atoms with E-state index in [1.165, 1.54) is 0 Å². The summed E-state index contributed by atoms with van der Waals surface area (Å²) in [7, 11) is 0. The Kier molecular flexibility index (Phi) is 66.6. The van der Waals surface area contributed by atoms with Crippen molar-refractivity contribution in [2.24, 2.45) is 64.1 Å².